The van der Waals surface area contributed by atoms with Crippen LogP contribution >= 0.6 is 0 Å². The summed E-state index contributed by atoms with van der Waals surface area (Å²) in [5, 5.41) is 14.2. The Labute approximate surface area is 174 Å². The second-order valence-electron chi connectivity index (χ2n) is 7.45. The quantitative estimate of drug-likeness (QED) is 0.537. The normalized spacial score (nSPS) is 14.4. The topological polar surface area (TPSA) is 61.8 Å². The van der Waals surface area contributed by atoms with Crippen molar-refractivity contribution in [3.05, 3.63) is 71.8 Å². The van der Waals surface area contributed by atoms with Gasteiger partial charge in [0.25, 0.3) is 0 Å². The summed E-state index contributed by atoms with van der Waals surface area (Å²) in [7, 11) is 1.39. The highest BCUT2D eigenvalue weighted by molar-refractivity contribution is 5.75. The number of methoxy groups -OCH3 is 1. The van der Waals surface area contributed by atoms with Crippen LogP contribution in [0.3, 0.4) is 0 Å². The van der Waals surface area contributed by atoms with E-state index in [-0.39, 0.29) is 12.0 Å². The molecule has 2 rings (SSSR count). The molecule has 0 aliphatic carbocycles. The Hall–Kier alpha value is -2.21. The zero-order valence-corrected chi connectivity index (χ0v) is 17.8. The third-order valence-corrected chi connectivity index (χ3v) is 5.14. The van der Waals surface area contributed by atoms with Gasteiger partial charge in [0.05, 0.1) is 13.2 Å². The number of nitrogens with zero attached hydrogens (tertiary/aromatic N) is 1. The minimum atomic E-state index is -0.496. The van der Waals surface area contributed by atoms with Gasteiger partial charge >= 0.3 is 5.97 Å². The highest BCUT2D eigenvalue weighted by atomic mass is 16.5. The lowest BCUT2D eigenvalue weighted by Gasteiger charge is -2.36. The van der Waals surface area contributed by atoms with E-state index in [9.17, 15) is 9.90 Å². The third kappa shape index (κ3) is 7.61. The van der Waals surface area contributed by atoms with Crippen LogP contribution in [0.1, 0.15) is 37.8 Å². The standard InChI is InChI=1S/C24H34N2O3/c1-4-11-23(27)22(16-25-19(2)24(28)29-3)26(17-20-12-7-5-8-13-20)18-21-14-9-6-10-15-21/h5-10,12-15,19,22-23,25,27H,4,11,16-18H2,1-3H3/t19-,22+,23+/m0/s1. The predicted molar refractivity (Wildman–Crippen MR) is 116 cm³/mol. The van der Waals surface area contributed by atoms with E-state index in [1.54, 1.807) is 6.92 Å². The number of nitrogens with one attached hydrogen (secondary N) is 1. The average molecular weight is 399 g/mol. The van der Waals surface area contributed by atoms with Crippen molar-refractivity contribution in [2.75, 3.05) is 13.7 Å². The largest absolute Gasteiger partial charge is 0.468 e. The molecule has 2 N–H and O–H groups in total. The Kier molecular flexibility index (Phi) is 9.84. The highest BCUT2D eigenvalue weighted by Gasteiger charge is 2.27. The molecule has 0 heterocycles. The maximum Gasteiger partial charge on any atom is 0.322 e. The molecule has 0 bridgehead atoms. The van der Waals surface area contributed by atoms with Crippen molar-refractivity contribution in [3.63, 3.8) is 0 Å². The summed E-state index contributed by atoms with van der Waals surface area (Å²) in [5.41, 5.74) is 2.39. The number of ether oxygens (including phenoxy) is 1. The fraction of sp³-hybridized carbons (Fsp3) is 0.458. The average Bonchev–Trinajstić information content (AvgIpc) is 2.74. The molecule has 5 nitrogen and oxygen atoms in total. The molecule has 0 saturated carbocycles. The highest BCUT2D eigenvalue weighted by Crippen LogP contribution is 2.18. The number of hydrogen-bond donors (Lipinski definition) is 2. The summed E-state index contributed by atoms with van der Waals surface area (Å²) in [6, 6.07) is 20.0. The minimum Gasteiger partial charge on any atom is -0.468 e. The Morgan fingerprint density at radius 3 is 2.00 bits per heavy atom. The van der Waals surface area contributed by atoms with E-state index in [1.807, 2.05) is 36.4 Å². The molecule has 2 aromatic carbocycles. The molecule has 5 heteroatoms. The van der Waals surface area contributed by atoms with Crippen molar-refractivity contribution in [1.29, 1.82) is 0 Å². The number of carbonyl (C=O) groups excluding carboxylic acids is 1. The molecule has 0 aliphatic rings. The lowest BCUT2D eigenvalue weighted by Crippen LogP contribution is -2.51. The SMILES string of the molecule is CCC[C@@H](O)[C@@H](CN[C@@H](C)C(=O)OC)N(Cc1ccccc1)Cc1ccccc1. The first-order valence-electron chi connectivity index (χ1n) is 10.4. The van der Waals surface area contributed by atoms with Crippen molar-refractivity contribution < 1.29 is 14.6 Å². The molecule has 0 aromatic heterocycles. The molecule has 158 valence electrons. The maximum atomic E-state index is 11.8. The van der Waals surface area contributed by atoms with E-state index in [0.717, 1.165) is 19.5 Å². The molecular formula is C24H34N2O3. The summed E-state index contributed by atoms with van der Waals surface area (Å²) in [6.07, 6.45) is 1.11. The van der Waals surface area contributed by atoms with Crippen LogP contribution in [0.15, 0.2) is 60.7 Å². The number of aliphatic hydroxyl groups excluding tert-OH is 1. The number of hydrogen-bond acceptors (Lipinski definition) is 5. The summed E-state index contributed by atoms with van der Waals surface area (Å²) in [5.74, 6) is -0.300. The van der Waals surface area contributed by atoms with Gasteiger partial charge in [0, 0.05) is 25.7 Å². The molecule has 0 aliphatic heterocycles. The van der Waals surface area contributed by atoms with Gasteiger partial charge in [-0.2, -0.15) is 0 Å². The van der Waals surface area contributed by atoms with Gasteiger partial charge in [-0.25, -0.2) is 0 Å². The molecular weight excluding hydrogens is 364 g/mol. The molecule has 0 radical (unpaired) electrons. The van der Waals surface area contributed by atoms with Gasteiger partial charge in [-0.1, -0.05) is 74.0 Å². The molecule has 0 spiro atoms. The van der Waals surface area contributed by atoms with Crippen LogP contribution < -0.4 is 5.32 Å². The number of benzene rings is 2. The fourth-order valence-electron chi connectivity index (χ4n) is 3.48. The van der Waals surface area contributed by atoms with Crippen molar-refractivity contribution in [3.8, 4) is 0 Å². The van der Waals surface area contributed by atoms with Crippen LogP contribution in [0.4, 0.5) is 0 Å². The number of esters is 1. The van der Waals surface area contributed by atoms with E-state index < -0.39 is 12.1 Å². The first-order valence-corrected chi connectivity index (χ1v) is 10.4. The Bertz CT molecular complexity index is 667. The first-order chi connectivity index (χ1) is 14.0. The second-order valence-corrected chi connectivity index (χ2v) is 7.45. The number of carbonyl (C=O) groups is 1. The molecule has 0 amide bonds. The zero-order chi connectivity index (χ0) is 21.1. The molecule has 0 unspecified atom stereocenters. The van der Waals surface area contributed by atoms with E-state index in [4.69, 9.17) is 4.74 Å². The van der Waals surface area contributed by atoms with Gasteiger partial charge in [-0.05, 0) is 24.5 Å². The molecule has 3 atom stereocenters. The number of rotatable bonds is 12. The monoisotopic (exact) mass is 398 g/mol. The van der Waals surface area contributed by atoms with Crippen LogP contribution in [0, 0.1) is 0 Å². The lowest BCUT2D eigenvalue weighted by atomic mass is 10.0. The van der Waals surface area contributed by atoms with Crippen LogP contribution in [0.5, 0.6) is 0 Å². The van der Waals surface area contributed by atoms with Crippen LogP contribution in [0.25, 0.3) is 0 Å². The molecule has 29 heavy (non-hydrogen) atoms. The summed E-state index contributed by atoms with van der Waals surface area (Å²) < 4.78 is 4.83. The van der Waals surface area contributed by atoms with Gasteiger partial charge in [0.2, 0.25) is 0 Å². The molecule has 0 fully saturated rings. The van der Waals surface area contributed by atoms with E-state index in [0.29, 0.717) is 13.0 Å². The van der Waals surface area contributed by atoms with E-state index in [1.165, 1.54) is 18.2 Å². The van der Waals surface area contributed by atoms with E-state index >= 15 is 0 Å². The van der Waals surface area contributed by atoms with Crippen molar-refractivity contribution in [2.45, 2.75) is 58.0 Å². The summed E-state index contributed by atoms with van der Waals surface area (Å²) in [4.78, 5) is 14.1. The lowest BCUT2D eigenvalue weighted by molar-refractivity contribution is -0.142. The van der Waals surface area contributed by atoms with Gasteiger partial charge in [0.15, 0.2) is 0 Å². The Morgan fingerprint density at radius 1 is 1.03 bits per heavy atom. The Balaban J connectivity index is 2.24. The molecule has 0 saturated heterocycles. The van der Waals surface area contributed by atoms with Gasteiger partial charge < -0.3 is 15.2 Å². The predicted octanol–water partition coefficient (Wildman–Crippen LogP) is 3.37. The van der Waals surface area contributed by atoms with Gasteiger partial charge in [0.1, 0.15) is 6.04 Å². The zero-order valence-electron chi connectivity index (χ0n) is 17.8. The van der Waals surface area contributed by atoms with Gasteiger partial charge in [-0.15, -0.1) is 0 Å². The fourth-order valence-corrected chi connectivity index (χ4v) is 3.48. The minimum absolute atomic E-state index is 0.137. The van der Waals surface area contributed by atoms with Crippen LogP contribution in [0.2, 0.25) is 0 Å². The van der Waals surface area contributed by atoms with Gasteiger partial charge in [-0.3, -0.25) is 9.69 Å². The Morgan fingerprint density at radius 2 is 1.55 bits per heavy atom. The summed E-state index contributed by atoms with van der Waals surface area (Å²) in [6.45, 7) is 5.79. The second kappa shape index (κ2) is 12.4. The smallest absolute Gasteiger partial charge is 0.322 e. The van der Waals surface area contributed by atoms with Crippen LogP contribution in [-0.2, 0) is 22.6 Å². The third-order valence-electron chi connectivity index (χ3n) is 5.14. The number of aliphatic hydroxyl groups is 1. The van der Waals surface area contributed by atoms with Crippen molar-refractivity contribution >= 4 is 5.97 Å². The summed E-state index contributed by atoms with van der Waals surface area (Å²) >= 11 is 0. The van der Waals surface area contributed by atoms with Crippen molar-refractivity contribution in [1.82, 2.24) is 10.2 Å². The first kappa shape index (κ1) is 23.1. The molecule has 2 aromatic rings. The van der Waals surface area contributed by atoms with E-state index in [2.05, 4.69) is 41.4 Å². The van der Waals surface area contributed by atoms with Crippen molar-refractivity contribution in [2.24, 2.45) is 0 Å². The maximum absolute atomic E-state index is 11.8. The van der Waals surface area contributed by atoms with Crippen LogP contribution in [-0.4, -0.2) is 47.8 Å².